The monoisotopic (exact) mass is 289 g/mol. The van der Waals surface area contributed by atoms with E-state index in [1.54, 1.807) is 0 Å². The molecule has 5 nitrogen and oxygen atoms in total. The Bertz CT molecular complexity index is 691. The molecule has 2 aromatic heterocycles. The van der Waals surface area contributed by atoms with Crippen molar-refractivity contribution in [2.45, 2.75) is 0 Å². The predicted octanol–water partition coefficient (Wildman–Crippen LogP) is 2.36. The fraction of sp³-hybridized carbons (Fsp3) is 0. The number of hydrogen-bond donors (Lipinski definition) is 2. The molecular formula is C11H8BrN5. The summed E-state index contributed by atoms with van der Waals surface area (Å²) in [5.41, 5.74) is 7.95. The molecule has 3 N–H and O–H groups in total. The number of nitrogens with two attached hydrogens (primary N) is 1. The third kappa shape index (κ3) is 1.66. The van der Waals surface area contributed by atoms with Crippen LogP contribution in [0.4, 0.5) is 5.82 Å². The van der Waals surface area contributed by atoms with Gasteiger partial charge in [-0.05, 0) is 6.07 Å². The number of aromatic nitrogens is 4. The van der Waals surface area contributed by atoms with Crippen molar-refractivity contribution in [3.05, 3.63) is 35.1 Å². The minimum absolute atomic E-state index is 0.404. The Morgan fingerprint density at radius 3 is 2.76 bits per heavy atom. The lowest BCUT2D eigenvalue weighted by Crippen LogP contribution is -1.91. The van der Waals surface area contributed by atoms with E-state index in [2.05, 4.69) is 35.9 Å². The highest BCUT2D eigenvalue weighted by Gasteiger charge is 2.10. The van der Waals surface area contributed by atoms with E-state index >= 15 is 0 Å². The Labute approximate surface area is 105 Å². The molecule has 0 aliphatic rings. The molecule has 6 heteroatoms. The molecule has 0 saturated carbocycles. The van der Waals surface area contributed by atoms with Crippen molar-refractivity contribution >= 4 is 32.9 Å². The van der Waals surface area contributed by atoms with E-state index in [1.807, 2.05) is 24.3 Å². The maximum absolute atomic E-state index is 5.75. The third-order valence-electron chi connectivity index (χ3n) is 2.45. The zero-order valence-electron chi connectivity index (χ0n) is 8.68. The number of rotatable bonds is 1. The molecule has 0 aliphatic heterocycles. The molecule has 3 rings (SSSR count). The van der Waals surface area contributed by atoms with E-state index in [4.69, 9.17) is 5.73 Å². The number of imidazole rings is 1. The Balaban J connectivity index is 2.26. The van der Waals surface area contributed by atoms with Crippen LogP contribution in [0.5, 0.6) is 0 Å². The van der Waals surface area contributed by atoms with Crippen molar-refractivity contribution in [2.75, 3.05) is 5.73 Å². The Morgan fingerprint density at radius 1 is 1.18 bits per heavy atom. The average molecular weight is 290 g/mol. The summed E-state index contributed by atoms with van der Waals surface area (Å²) in [7, 11) is 0. The zero-order chi connectivity index (χ0) is 11.8. The maximum atomic E-state index is 5.75. The first-order valence-electron chi connectivity index (χ1n) is 4.97. The first kappa shape index (κ1) is 10.2. The normalized spacial score (nSPS) is 10.9. The molecule has 0 atom stereocenters. The average Bonchev–Trinajstić information content (AvgIpc) is 2.75. The maximum Gasteiger partial charge on any atom is 0.183 e. The highest BCUT2D eigenvalue weighted by atomic mass is 79.9. The van der Waals surface area contributed by atoms with Crippen molar-refractivity contribution < 1.29 is 0 Å². The number of fused-ring (bicyclic) bond motifs is 1. The van der Waals surface area contributed by atoms with E-state index in [1.165, 1.54) is 6.33 Å². The molecule has 0 unspecified atom stereocenters. The molecule has 2 heterocycles. The Kier molecular flexibility index (Phi) is 2.29. The summed E-state index contributed by atoms with van der Waals surface area (Å²) in [5, 5.41) is 0. The largest absolute Gasteiger partial charge is 0.382 e. The van der Waals surface area contributed by atoms with Gasteiger partial charge in [-0.1, -0.05) is 34.1 Å². The second kappa shape index (κ2) is 3.81. The van der Waals surface area contributed by atoms with Gasteiger partial charge in [0.25, 0.3) is 0 Å². The third-order valence-corrected chi connectivity index (χ3v) is 3.14. The Morgan fingerprint density at radius 2 is 2.00 bits per heavy atom. The van der Waals surface area contributed by atoms with Gasteiger partial charge >= 0.3 is 0 Å². The Hall–Kier alpha value is -1.95. The van der Waals surface area contributed by atoms with Crippen LogP contribution >= 0.6 is 15.9 Å². The summed E-state index contributed by atoms with van der Waals surface area (Å²) < 4.78 is 0.964. The SMILES string of the molecule is Nc1ncnc2nc(-c3ccccc3Br)[nH]c12. The van der Waals surface area contributed by atoms with Crippen LogP contribution in [-0.4, -0.2) is 19.9 Å². The molecule has 0 spiro atoms. The van der Waals surface area contributed by atoms with Crippen LogP contribution in [0.15, 0.2) is 35.1 Å². The summed E-state index contributed by atoms with van der Waals surface area (Å²) in [6.07, 6.45) is 1.41. The molecule has 0 amide bonds. The minimum atomic E-state index is 0.404. The molecule has 3 aromatic rings. The molecule has 0 fully saturated rings. The van der Waals surface area contributed by atoms with Gasteiger partial charge in [0.2, 0.25) is 0 Å². The van der Waals surface area contributed by atoms with Gasteiger partial charge in [0.1, 0.15) is 17.7 Å². The number of H-pyrrole nitrogens is 1. The van der Waals surface area contributed by atoms with E-state index in [0.717, 1.165) is 15.9 Å². The molecule has 0 radical (unpaired) electrons. The number of nitrogen functional groups attached to an aromatic ring is 1. The van der Waals surface area contributed by atoms with Crippen LogP contribution in [0.2, 0.25) is 0 Å². The van der Waals surface area contributed by atoms with Crippen LogP contribution in [-0.2, 0) is 0 Å². The van der Waals surface area contributed by atoms with Gasteiger partial charge in [-0.2, -0.15) is 0 Å². The van der Waals surface area contributed by atoms with Gasteiger partial charge in [-0.3, -0.25) is 0 Å². The first-order chi connectivity index (χ1) is 8.25. The number of benzene rings is 1. The van der Waals surface area contributed by atoms with Gasteiger partial charge in [-0.15, -0.1) is 0 Å². The number of nitrogens with one attached hydrogen (secondary N) is 1. The fourth-order valence-electron chi connectivity index (χ4n) is 1.63. The summed E-state index contributed by atoms with van der Waals surface area (Å²) in [6, 6.07) is 7.82. The molecule has 17 heavy (non-hydrogen) atoms. The minimum Gasteiger partial charge on any atom is -0.382 e. The van der Waals surface area contributed by atoms with Gasteiger partial charge in [0.15, 0.2) is 11.5 Å². The standard InChI is InChI=1S/C11H8BrN5/c12-7-4-2-1-3-6(7)10-16-8-9(13)14-5-15-11(8)17-10/h1-5H,(H3,13,14,15,16,17). The number of aromatic amines is 1. The van der Waals surface area contributed by atoms with Gasteiger partial charge in [0, 0.05) is 10.0 Å². The van der Waals surface area contributed by atoms with Crippen LogP contribution in [0.1, 0.15) is 0 Å². The van der Waals surface area contributed by atoms with Gasteiger partial charge < -0.3 is 10.7 Å². The molecule has 0 saturated heterocycles. The second-order valence-electron chi connectivity index (χ2n) is 3.52. The summed E-state index contributed by atoms with van der Waals surface area (Å²) >= 11 is 3.48. The van der Waals surface area contributed by atoms with E-state index < -0.39 is 0 Å². The highest BCUT2D eigenvalue weighted by Crippen LogP contribution is 2.27. The van der Waals surface area contributed by atoms with Crippen molar-refractivity contribution in [2.24, 2.45) is 0 Å². The number of anilines is 1. The summed E-state index contributed by atoms with van der Waals surface area (Å²) in [4.78, 5) is 15.5. The zero-order valence-corrected chi connectivity index (χ0v) is 10.3. The highest BCUT2D eigenvalue weighted by molar-refractivity contribution is 9.10. The van der Waals surface area contributed by atoms with Crippen LogP contribution < -0.4 is 5.73 Å². The summed E-state index contributed by atoms with van der Waals surface area (Å²) in [5.74, 6) is 1.13. The quantitative estimate of drug-likeness (QED) is 0.721. The first-order valence-corrected chi connectivity index (χ1v) is 5.76. The lowest BCUT2D eigenvalue weighted by atomic mass is 10.2. The van der Waals surface area contributed by atoms with Crippen LogP contribution in [0.25, 0.3) is 22.6 Å². The van der Waals surface area contributed by atoms with Gasteiger partial charge in [-0.25, -0.2) is 15.0 Å². The van der Waals surface area contributed by atoms with E-state index in [-0.39, 0.29) is 0 Å². The summed E-state index contributed by atoms with van der Waals surface area (Å²) in [6.45, 7) is 0. The van der Waals surface area contributed by atoms with Gasteiger partial charge in [0.05, 0.1) is 0 Å². The van der Waals surface area contributed by atoms with E-state index in [0.29, 0.717) is 17.0 Å². The van der Waals surface area contributed by atoms with Crippen molar-refractivity contribution in [1.82, 2.24) is 19.9 Å². The number of halogens is 1. The number of hydrogen-bond acceptors (Lipinski definition) is 4. The van der Waals surface area contributed by atoms with Crippen molar-refractivity contribution in [3.8, 4) is 11.4 Å². The van der Waals surface area contributed by atoms with Crippen LogP contribution in [0.3, 0.4) is 0 Å². The van der Waals surface area contributed by atoms with Crippen molar-refractivity contribution in [3.63, 3.8) is 0 Å². The lowest BCUT2D eigenvalue weighted by molar-refractivity contribution is 1.21. The predicted molar refractivity (Wildman–Crippen MR) is 69.2 cm³/mol. The number of nitrogens with zero attached hydrogens (tertiary/aromatic N) is 3. The molecule has 1 aromatic carbocycles. The second-order valence-corrected chi connectivity index (χ2v) is 4.38. The van der Waals surface area contributed by atoms with E-state index in [9.17, 15) is 0 Å². The molecule has 0 aliphatic carbocycles. The smallest absolute Gasteiger partial charge is 0.183 e. The van der Waals surface area contributed by atoms with Crippen LogP contribution in [0, 0.1) is 0 Å². The van der Waals surface area contributed by atoms with Crippen molar-refractivity contribution in [1.29, 1.82) is 0 Å². The molecule has 84 valence electrons. The fourth-order valence-corrected chi connectivity index (χ4v) is 2.10. The lowest BCUT2D eigenvalue weighted by Gasteiger charge is -1.98. The topological polar surface area (TPSA) is 80.5 Å². The molecular weight excluding hydrogens is 282 g/mol. The molecule has 0 bridgehead atoms.